The van der Waals surface area contributed by atoms with Crippen molar-refractivity contribution in [3.63, 3.8) is 0 Å². The molecule has 0 saturated carbocycles. The van der Waals surface area contributed by atoms with Crippen molar-refractivity contribution in [3.8, 4) is 5.75 Å². The molecule has 2 atom stereocenters. The fraction of sp³-hybridized carbons (Fsp3) is 0.609. The average Bonchev–Trinajstić information content (AvgIpc) is 2.89. The molecule has 26 heavy (non-hydrogen) atoms. The Labute approximate surface area is 156 Å². The van der Waals surface area contributed by atoms with Crippen molar-refractivity contribution in [2.45, 2.75) is 79.1 Å². The number of phenols is 1. The largest absolute Gasteiger partial charge is 0.507 e. The maximum absolute atomic E-state index is 12.5. The van der Waals surface area contributed by atoms with E-state index in [1.807, 2.05) is 12.1 Å². The van der Waals surface area contributed by atoms with Gasteiger partial charge >= 0.3 is 5.63 Å². The lowest BCUT2D eigenvalue weighted by Crippen LogP contribution is -2.12. The van der Waals surface area contributed by atoms with E-state index < -0.39 is 0 Å². The minimum Gasteiger partial charge on any atom is -0.507 e. The highest BCUT2D eigenvalue weighted by molar-refractivity contribution is 5.88. The molecule has 0 saturated heterocycles. The molecule has 1 aliphatic rings. The Morgan fingerprint density at radius 2 is 1.85 bits per heavy atom. The molecule has 142 valence electrons. The molecule has 0 bridgehead atoms. The first-order valence-electron chi connectivity index (χ1n) is 10.0. The smallest absolute Gasteiger partial charge is 0.339 e. The summed E-state index contributed by atoms with van der Waals surface area (Å²) < 4.78 is 5.63. The highest BCUT2D eigenvalue weighted by Crippen LogP contribution is 2.42. The van der Waals surface area contributed by atoms with Crippen LogP contribution in [0.2, 0.25) is 0 Å². The van der Waals surface area contributed by atoms with E-state index >= 15 is 0 Å². The normalized spacial score (nSPS) is 18.0. The summed E-state index contributed by atoms with van der Waals surface area (Å²) in [5.74, 6) is 1.10. The standard InChI is InChI=1S/C23H32O3/c1-6-7-8-9-14(2)15(3)16-10-19(24)21-17-12-23(4,5)13-18(17)22(25)26-20(21)11-16/h10-11,14-15,24H,6-9,12-13H2,1-5H3. The highest BCUT2D eigenvalue weighted by Gasteiger charge is 2.34. The van der Waals surface area contributed by atoms with Crippen molar-refractivity contribution < 1.29 is 9.52 Å². The summed E-state index contributed by atoms with van der Waals surface area (Å²) in [5.41, 5.74) is 3.12. The summed E-state index contributed by atoms with van der Waals surface area (Å²) in [7, 11) is 0. The minimum absolute atomic E-state index is 0.0392. The van der Waals surface area contributed by atoms with Gasteiger partial charge in [0.1, 0.15) is 11.3 Å². The predicted molar refractivity (Wildman–Crippen MR) is 107 cm³/mol. The zero-order valence-electron chi connectivity index (χ0n) is 16.8. The third-order valence-corrected chi connectivity index (χ3v) is 6.17. The molecular formula is C23H32O3. The molecular weight excluding hydrogens is 324 g/mol. The SMILES string of the molecule is CCCCCC(C)C(C)c1cc(O)c2c3c(c(=O)oc2c1)CC(C)(C)C3. The Hall–Kier alpha value is -1.77. The number of unbranched alkanes of at least 4 members (excludes halogenated alkanes) is 2. The van der Waals surface area contributed by atoms with E-state index in [0.717, 1.165) is 28.5 Å². The molecule has 3 heteroatoms. The second-order valence-corrected chi connectivity index (χ2v) is 9.04. The zero-order chi connectivity index (χ0) is 19.1. The zero-order valence-corrected chi connectivity index (χ0v) is 16.8. The van der Waals surface area contributed by atoms with Crippen LogP contribution >= 0.6 is 0 Å². The van der Waals surface area contributed by atoms with Crippen molar-refractivity contribution in [1.82, 2.24) is 0 Å². The predicted octanol–water partition coefficient (Wildman–Crippen LogP) is 5.94. The monoisotopic (exact) mass is 356 g/mol. The van der Waals surface area contributed by atoms with Gasteiger partial charge in [-0.25, -0.2) is 4.79 Å². The molecule has 2 aromatic rings. The maximum Gasteiger partial charge on any atom is 0.339 e. The second-order valence-electron chi connectivity index (χ2n) is 9.04. The van der Waals surface area contributed by atoms with E-state index in [0.29, 0.717) is 23.8 Å². The molecule has 0 fully saturated rings. The van der Waals surface area contributed by atoms with Gasteiger partial charge < -0.3 is 9.52 Å². The summed E-state index contributed by atoms with van der Waals surface area (Å²) in [6.45, 7) is 11.0. The molecule has 0 radical (unpaired) electrons. The average molecular weight is 357 g/mol. The topological polar surface area (TPSA) is 50.4 Å². The Morgan fingerprint density at radius 1 is 1.15 bits per heavy atom. The first kappa shape index (κ1) is 19.0. The molecule has 1 aromatic carbocycles. The van der Waals surface area contributed by atoms with Crippen molar-refractivity contribution in [2.75, 3.05) is 0 Å². The number of fused-ring (bicyclic) bond motifs is 3. The summed E-state index contributed by atoms with van der Waals surface area (Å²) in [5, 5.41) is 11.5. The number of phenolic OH excluding ortho intramolecular Hbond substituents is 1. The number of rotatable bonds is 6. The van der Waals surface area contributed by atoms with Gasteiger partial charge in [-0.3, -0.25) is 0 Å². The summed E-state index contributed by atoms with van der Waals surface area (Å²) in [6.07, 6.45) is 6.42. The highest BCUT2D eigenvalue weighted by atomic mass is 16.4. The molecule has 1 heterocycles. The minimum atomic E-state index is -0.238. The molecule has 3 nitrogen and oxygen atoms in total. The number of aromatic hydroxyl groups is 1. The van der Waals surface area contributed by atoms with Crippen LogP contribution in [0.5, 0.6) is 5.75 Å². The van der Waals surface area contributed by atoms with E-state index in [9.17, 15) is 9.90 Å². The van der Waals surface area contributed by atoms with Crippen LogP contribution in [0, 0.1) is 11.3 Å². The second kappa shape index (κ2) is 7.09. The van der Waals surface area contributed by atoms with Crippen LogP contribution in [0.25, 0.3) is 11.0 Å². The first-order valence-corrected chi connectivity index (χ1v) is 10.0. The molecule has 1 N–H and O–H groups in total. The van der Waals surface area contributed by atoms with Gasteiger partial charge in [-0.1, -0.05) is 60.3 Å². The lowest BCUT2D eigenvalue weighted by atomic mass is 9.84. The van der Waals surface area contributed by atoms with Crippen molar-refractivity contribution in [1.29, 1.82) is 0 Å². The summed E-state index contributed by atoms with van der Waals surface area (Å²) in [6, 6.07) is 3.86. The lowest BCUT2D eigenvalue weighted by Gasteiger charge is -2.21. The van der Waals surface area contributed by atoms with E-state index in [-0.39, 0.29) is 16.8 Å². The maximum atomic E-state index is 12.5. The van der Waals surface area contributed by atoms with E-state index in [4.69, 9.17) is 4.42 Å². The van der Waals surface area contributed by atoms with Crippen LogP contribution in [0.1, 0.15) is 82.9 Å². The molecule has 1 aromatic heterocycles. The Bertz CT molecular complexity index is 860. The van der Waals surface area contributed by atoms with Gasteiger partial charge in [0.05, 0.1) is 5.39 Å². The summed E-state index contributed by atoms with van der Waals surface area (Å²) >= 11 is 0. The van der Waals surface area contributed by atoms with Crippen molar-refractivity contribution in [3.05, 3.63) is 39.2 Å². The van der Waals surface area contributed by atoms with Crippen molar-refractivity contribution in [2.24, 2.45) is 11.3 Å². The van der Waals surface area contributed by atoms with E-state index in [2.05, 4.69) is 34.6 Å². The number of hydrogen-bond acceptors (Lipinski definition) is 3. The van der Waals surface area contributed by atoms with Gasteiger partial charge in [0.25, 0.3) is 0 Å². The van der Waals surface area contributed by atoms with Gasteiger partial charge in [-0.05, 0) is 53.4 Å². The number of hydrogen-bond donors (Lipinski definition) is 1. The third kappa shape index (κ3) is 3.54. The quantitative estimate of drug-likeness (QED) is 0.514. The molecule has 1 aliphatic carbocycles. The Balaban J connectivity index is 1.99. The van der Waals surface area contributed by atoms with E-state index in [1.54, 1.807) is 0 Å². The third-order valence-electron chi connectivity index (χ3n) is 6.17. The molecule has 0 spiro atoms. The van der Waals surface area contributed by atoms with Gasteiger partial charge in [0.15, 0.2) is 0 Å². The van der Waals surface area contributed by atoms with Crippen LogP contribution in [-0.4, -0.2) is 5.11 Å². The molecule has 0 aliphatic heterocycles. The fourth-order valence-corrected chi connectivity index (χ4v) is 4.39. The van der Waals surface area contributed by atoms with Crippen LogP contribution in [0.15, 0.2) is 21.3 Å². The van der Waals surface area contributed by atoms with Crippen molar-refractivity contribution >= 4 is 11.0 Å². The van der Waals surface area contributed by atoms with Crippen LogP contribution in [0.4, 0.5) is 0 Å². The Kier molecular flexibility index (Phi) is 5.18. The molecule has 2 unspecified atom stereocenters. The molecule has 0 amide bonds. The van der Waals surface area contributed by atoms with Gasteiger partial charge in [-0.15, -0.1) is 0 Å². The van der Waals surface area contributed by atoms with Gasteiger partial charge in [0, 0.05) is 5.56 Å². The summed E-state index contributed by atoms with van der Waals surface area (Å²) in [4.78, 5) is 12.5. The first-order chi connectivity index (χ1) is 12.2. The van der Waals surface area contributed by atoms with Crippen LogP contribution < -0.4 is 5.63 Å². The Morgan fingerprint density at radius 3 is 2.54 bits per heavy atom. The van der Waals surface area contributed by atoms with Crippen LogP contribution in [0.3, 0.4) is 0 Å². The fourth-order valence-electron chi connectivity index (χ4n) is 4.39. The van der Waals surface area contributed by atoms with Gasteiger partial charge in [-0.2, -0.15) is 0 Å². The van der Waals surface area contributed by atoms with E-state index in [1.165, 1.54) is 25.7 Å². The molecule has 3 rings (SSSR count). The van der Waals surface area contributed by atoms with Crippen LogP contribution in [-0.2, 0) is 12.8 Å². The number of benzene rings is 1. The van der Waals surface area contributed by atoms with Gasteiger partial charge in [0.2, 0.25) is 0 Å². The lowest BCUT2D eigenvalue weighted by molar-refractivity contribution is 0.390.